The van der Waals surface area contributed by atoms with Crippen molar-refractivity contribution >= 4 is 30.0 Å². The number of hydrogen-bond donors (Lipinski definition) is 7. The molecule has 26 heavy (non-hydrogen) atoms. The molecule has 8 N–H and O–H groups in total. The third-order valence-corrected chi connectivity index (χ3v) is 3.26. The SMILES string of the molecule is C[C@H](NC(=O)[C@@H](N)CO)C(=O)N[C@@H](CO)C(=O)N[C@H](C=O)CCC(=O)O. The Morgan fingerprint density at radius 1 is 1.00 bits per heavy atom. The second kappa shape index (κ2) is 11.9. The summed E-state index contributed by atoms with van der Waals surface area (Å²) >= 11 is 0. The van der Waals surface area contributed by atoms with Gasteiger partial charge in [-0.1, -0.05) is 0 Å². The van der Waals surface area contributed by atoms with Gasteiger partial charge < -0.3 is 41.8 Å². The zero-order chi connectivity index (χ0) is 20.3. The molecule has 0 aromatic carbocycles. The highest BCUT2D eigenvalue weighted by Crippen LogP contribution is 1.97. The van der Waals surface area contributed by atoms with E-state index < -0.39 is 61.1 Å². The summed E-state index contributed by atoms with van der Waals surface area (Å²) in [5.74, 6) is -3.64. The Bertz CT molecular complexity index is 527. The van der Waals surface area contributed by atoms with Crippen molar-refractivity contribution in [3.05, 3.63) is 0 Å². The second-order valence-corrected chi connectivity index (χ2v) is 5.45. The number of carbonyl (C=O) groups excluding carboxylic acids is 4. The molecule has 4 atom stereocenters. The maximum Gasteiger partial charge on any atom is 0.303 e. The molecule has 12 heteroatoms. The number of carboxylic acid groups (broad SMARTS) is 1. The molecule has 0 spiro atoms. The predicted molar refractivity (Wildman–Crippen MR) is 86.5 cm³/mol. The Balaban J connectivity index is 4.68. The molecule has 12 nitrogen and oxygen atoms in total. The molecule has 0 bridgehead atoms. The smallest absolute Gasteiger partial charge is 0.303 e. The molecular weight excluding hydrogens is 352 g/mol. The first kappa shape index (κ1) is 23.4. The highest BCUT2D eigenvalue weighted by molar-refractivity contribution is 5.93. The maximum atomic E-state index is 12.0. The van der Waals surface area contributed by atoms with Gasteiger partial charge in [-0.2, -0.15) is 0 Å². The van der Waals surface area contributed by atoms with Crippen molar-refractivity contribution in [2.24, 2.45) is 5.73 Å². The van der Waals surface area contributed by atoms with E-state index in [1.165, 1.54) is 6.92 Å². The Morgan fingerprint density at radius 2 is 1.62 bits per heavy atom. The monoisotopic (exact) mass is 376 g/mol. The zero-order valence-electron chi connectivity index (χ0n) is 14.2. The zero-order valence-corrected chi connectivity index (χ0v) is 14.2. The highest BCUT2D eigenvalue weighted by atomic mass is 16.4. The Hall–Kier alpha value is -2.57. The van der Waals surface area contributed by atoms with E-state index in [1.54, 1.807) is 0 Å². The first-order valence-corrected chi connectivity index (χ1v) is 7.71. The topological polar surface area (TPSA) is 208 Å². The van der Waals surface area contributed by atoms with Crippen LogP contribution in [0.3, 0.4) is 0 Å². The summed E-state index contributed by atoms with van der Waals surface area (Å²) in [7, 11) is 0. The number of carbonyl (C=O) groups is 5. The first-order chi connectivity index (χ1) is 12.2. The van der Waals surface area contributed by atoms with Crippen molar-refractivity contribution in [2.45, 2.75) is 43.9 Å². The van der Waals surface area contributed by atoms with Crippen LogP contribution in [-0.2, 0) is 24.0 Å². The van der Waals surface area contributed by atoms with Crippen LogP contribution in [0.25, 0.3) is 0 Å². The van der Waals surface area contributed by atoms with Crippen molar-refractivity contribution in [1.82, 2.24) is 16.0 Å². The third kappa shape index (κ3) is 8.50. The summed E-state index contributed by atoms with van der Waals surface area (Å²) < 4.78 is 0. The van der Waals surface area contributed by atoms with Gasteiger partial charge in [-0.3, -0.25) is 19.2 Å². The van der Waals surface area contributed by atoms with E-state index in [0.717, 1.165) is 0 Å². The fourth-order valence-corrected chi connectivity index (χ4v) is 1.70. The molecule has 0 saturated carbocycles. The molecule has 0 aromatic rings. The van der Waals surface area contributed by atoms with E-state index in [0.29, 0.717) is 6.29 Å². The molecule has 0 rings (SSSR count). The van der Waals surface area contributed by atoms with Crippen LogP contribution in [0.1, 0.15) is 19.8 Å². The molecular formula is C14H24N4O8. The minimum Gasteiger partial charge on any atom is -0.481 e. The third-order valence-electron chi connectivity index (χ3n) is 3.26. The van der Waals surface area contributed by atoms with Crippen LogP contribution in [0.15, 0.2) is 0 Å². The standard InChI is InChI=1S/C14H24N4O8/c1-7(16-13(25)9(15)5-20)12(24)18-10(6-21)14(26)17-8(4-19)2-3-11(22)23/h4,7-10,20-21H,2-3,5-6,15H2,1H3,(H,16,25)(H,17,26)(H,18,24)(H,22,23)/t7-,8-,9-,10-/m0/s1. The van der Waals surface area contributed by atoms with E-state index in [2.05, 4.69) is 16.0 Å². The lowest BCUT2D eigenvalue weighted by atomic mass is 10.1. The normalized spacial score (nSPS) is 15.1. The van der Waals surface area contributed by atoms with Gasteiger partial charge in [0.1, 0.15) is 24.4 Å². The van der Waals surface area contributed by atoms with Crippen molar-refractivity contribution in [2.75, 3.05) is 13.2 Å². The molecule has 0 aliphatic rings. The molecule has 0 radical (unpaired) electrons. The summed E-state index contributed by atoms with van der Waals surface area (Å²) in [4.78, 5) is 56.8. The molecule has 148 valence electrons. The van der Waals surface area contributed by atoms with Crippen molar-refractivity contribution in [1.29, 1.82) is 0 Å². The summed E-state index contributed by atoms with van der Waals surface area (Å²) in [6.07, 6.45) is -0.160. The average molecular weight is 376 g/mol. The first-order valence-electron chi connectivity index (χ1n) is 7.71. The summed E-state index contributed by atoms with van der Waals surface area (Å²) in [5.41, 5.74) is 5.29. The van der Waals surface area contributed by atoms with E-state index in [-0.39, 0.29) is 12.8 Å². The Kier molecular flexibility index (Phi) is 10.7. The molecule has 0 unspecified atom stereocenters. The van der Waals surface area contributed by atoms with Gasteiger partial charge in [-0.25, -0.2) is 0 Å². The van der Waals surface area contributed by atoms with Crippen molar-refractivity contribution in [3.8, 4) is 0 Å². The largest absolute Gasteiger partial charge is 0.481 e. The number of hydrogen-bond acceptors (Lipinski definition) is 8. The van der Waals surface area contributed by atoms with E-state index in [4.69, 9.17) is 15.9 Å². The lowest BCUT2D eigenvalue weighted by Gasteiger charge is -2.21. The number of aliphatic hydroxyl groups is 2. The fourth-order valence-electron chi connectivity index (χ4n) is 1.70. The minimum absolute atomic E-state index is 0.151. The molecule has 0 heterocycles. The van der Waals surface area contributed by atoms with Crippen molar-refractivity contribution in [3.63, 3.8) is 0 Å². The van der Waals surface area contributed by atoms with Crippen LogP contribution in [0.2, 0.25) is 0 Å². The van der Waals surface area contributed by atoms with Gasteiger partial charge in [0.25, 0.3) is 0 Å². The van der Waals surface area contributed by atoms with Crippen LogP contribution in [0.4, 0.5) is 0 Å². The van der Waals surface area contributed by atoms with Gasteiger partial charge in [0.05, 0.1) is 19.3 Å². The number of aliphatic carboxylic acids is 1. The number of nitrogens with two attached hydrogens (primary N) is 1. The summed E-state index contributed by atoms with van der Waals surface area (Å²) in [5, 5.41) is 33.2. The summed E-state index contributed by atoms with van der Waals surface area (Å²) in [6, 6.07) is -4.84. The predicted octanol–water partition coefficient (Wildman–Crippen LogP) is -4.16. The number of rotatable bonds is 12. The number of amides is 3. The van der Waals surface area contributed by atoms with Gasteiger partial charge >= 0.3 is 5.97 Å². The molecule has 3 amide bonds. The maximum absolute atomic E-state index is 12.0. The minimum atomic E-state index is -1.42. The van der Waals surface area contributed by atoms with Crippen LogP contribution in [0.5, 0.6) is 0 Å². The number of carboxylic acids is 1. The number of aliphatic hydroxyl groups excluding tert-OH is 2. The van der Waals surface area contributed by atoms with E-state index in [1.807, 2.05) is 0 Å². The molecule has 0 fully saturated rings. The summed E-state index contributed by atoms with van der Waals surface area (Å²) in [6.45, 7) is -0.116. The lowest BCUT2D eigenvalue weighted by molar-refractivity contribution is -0.137. The van der Waals surface area contributed by atoms with Gasteiger partial charge in [0, 0.05) is 6.42 Å². The van der Waals surface area contributed by atoms with Crippen LogP contribution in [0, 0.1) is 0 Å². The van der Waals surface area contributed by atoms with E-state index >= 15 is 0 Å². The molecule has 0 aliphatic carbocycles. The molecule has 0 aromatic heterocycles. The van der Waals surface area contributed by atoms with Gasteiger partial charge in [-0.15, -0.1) is 0 Å². The second-order valence-electron chi connectivity index (χ2n) is 5.45. The average Bonchev–Trinajstić information content (AvgIpc) is 2.61. The molecule has 0 aliphatic heterocycles. The van der Waals surface area contributed by atoms with Gasteiger partial charge in [0.2, 0.25) is 17.7 Å². The number of aldehydes is 1. The van der Waals surface area contributed by atoms with Gasteiger partial charge in [0.15, 0.2) is 0 Å². The molecule has 0 saturated heterocycles. The Morgan fingerprint density at radius 3 is 2.08 bits per heavy atom. The van der Waals surface area contributed by atoms with E-state index in [9.17, 15) is 29.1 Å². The van der Waals surface area contributed by atoms with Crippen molar-refractivity contribution < 1.29 is 39.3 Å². The fraction of sp³-hybridized carbons (Fsp3) is 0.643. The highest BCUT2D eigenvalue weighted by Gasteiger charge is 2.26. The van der Waals surface area contributed by atoms with Crippen LogP contribution in [-0.4, -0.2) is 82.7 Å². The van der Waals surface area contributed by atoms with Crippen LogP contribution < -0.4 is 21.7 Å². The quantitative estimate of drug-likeness (QED) is 0.165. The Labute approximate surface area is 149 Å². The van der Waals surface area contributed by atoms with Crippen LogP contribution >= 0.6 is 0 Å². The lowest BCUT2D eigenvalue weighted by Crippen LogP contribution is -2.57. The number of nitrogens with one attached hydrogen (secondary N) is 3. The van der Waals surface area contributed by atoms with Gasteiger partial charge in [-0.05, 0) is 13.3 Å².